The van der Waals surface area contributed by atoms with Gasteiger partial charge in [-0.05, 0) is 48.2 Å². The van der Waals surface area contributed by atoms with Gasteiger partial charge in [0, 0.05) is 25.4 Å². The molecule has 5 nitrogen and oxygen atoms in total. The molecule has 0 aliphatic carbocycles. The second-order valence-corrected chi connectivity index (χ2v) is 6.98. The van der Waals surface area contributed by atoms with Crippen molar-refractivity contribution in [1.82, 2.24) is 15.2 Å². The van der Waals surface area contributed by atoms with E-state index in [1.807, 2.05) is 37.3 Å². The highest BCUT2D eigenvalue weighted by Crippen LogP contribution is 2.07. The Balaban J connectivity index is 0.00000341. The van der Waals surface area contributed by atoms with Gasteiger partial charge in [0.2, 0.25) is 0 Å². The molecule has 0 spiro atoms. The van der Waals surface area contributed by atoms with Crippen LogP contribution in [0.5, 0.6) is 0 Å². The molecule has 0 aliphatic rings. The van der Waals surface area contributed by atoms with Crippen molar-refractivity contribution in [2.24, 2.45) is 4.99 Å². The number of guanidine groups is 1. The lowest BCUT2D eigenvalue weighted by atomic mass is 10.1. The molecule has 0 amide bonds. The molecule has 0 fully saturated rings. The molecule has 0 saturated carbocycles. The molecule has 0 unspecified atom stereocenters. The van der Waals surface area contributed by atoms with E-state index in [2.05, 4.69) is 15.6 Å². The molecule has 7 heteroatoms. The third-order valence-corrected chi connectivity index (χ3v) is 4.66. The van der Waals surface area contributed by atoms with Gasteiger partial charge in [-0.1, -0.05) is 42.5 Å². The molecule has 1 aromatic heterocycles. The molecule has 31 heavy (non-hydrogen) atoms. The Labute approximate surface area is 199 Å². The van der Waals surface area contributed by atoms with Crippen LogP contribution in [0, 0.1) is 5.82 Å². The van der Waals surface area contributed by atoms with Crippen LogP contribution in [0.3, 0.4) is 0 Å². The van der Waals surface area contributed by atoms with Crippen molar-refractivity contribution in [2.75, 3.05) is 13.1 Å². The summed E-state index contributed by atoms with van der Waals surface area (Å²) in [6.07, 6.45) is 2.58. The topological polar surface area (TPSA) is 58.4 Å². The Morgan fingerprint density at radius 1 is 0.935 bits per heavy atom. The molecule has 164 valence electrons. The van der Waals surface area contributed by atoms with Crippen LogP contribution in [0.15, 0.2) is 82.7 Å². The van der Waals surface area contributed by atoms with Gasteiger partial charge in [0.1, 0.15) is 5.82 Å². The van der Waals surface area contributed by atoms with E-state index in [0.717, 1.165) is 35.6 Å². The minimum absolute atomic E-state index is 0. The van der Waals surface area contributed by atoms with Crippen LogP contribution in [-0.2, 0) is 19.5 Å². The summed E-state index contributed by atoms with van der Waals surface area (Å²) in [4.78, 5) is 16.5. The Kier molecular flexibility index (Phi) is 10.2. The first kappa shape index (κ1) is 24.6. The number of hydrogen-bond donors (Lipinski definition) is 2. The monoisotopic (exact) mass is 534 g/mol. The van der Waals surface area contributed by atoms with Crippen LogP contribution >= 0.6 is 24.0 Å². The molecular weight excluding hydrogens is 506 g/mol. The van der Waals surface area contributed by atoms with Crippen LogP contribution in [0.1, 0.15) is 23.6 Å². The van der Waals surface area contributed by atoms with E-state index < -0.39 is 0 Å². The minimum Gasteiger partial charge on any atom is -0.357 e. The standard InChI is InChI=1S/C24H27FN4O.HI/c1-2-26-24(27-15-14-19-10-12-22(25)13-11-19)28-17-20-6-8-21(9-7-20)18-29-16-4-3-5-23(29)30;/h3-13,16H,2,14-15,17-18H2,1H3,(H2,26,27,28);1H. The number of nitrogens with zero attached hydrogens (tertiary/aromatic N) is 2. The highest BCUT2D eigenvalue weighted by Gasteiger charge is 2.01. The van der Waals surface area contributed by atoms with E-state index in [9.17, 15) is 9.18 Å². The fourth-order valence-electron chi connectivity index (χ4n) is 3.03. The van der Waals surface area contributed by atoms with Crippen molar-refractivity contribution < 1.29 is 4.39 Å². The minimum atomic E-state index is -0.219. The fraction of sp³-hybridized carbons (Fsp3) is 0.250. The summed E-state index contributed by atoms with van der Waals surface area (Å²) >= 11 is 0. The first-order valence-electron chi connectivity index (χ1n) is 10.1. The number of aromatic nitrogens is 1. The lowest BCUT2D eigenvalue weighted by Gasteiger charge is -2.11. The third-order valence-electron chi connectivity index (χ3n) is 4.66. The van der Waals surface area contributed by atoms with Gasteiger partial charge in [0.05, 0.1) is 13.1 Å². The van der Waals surface area contributed by atoms with Gasteiger partial charge in [-0.15, -0.1) is 24.0 Å². The predicted octanol–water partition coefficient (Wildman–Crippen LogP) is 3.95. The second kappa shape index (κ2) is 12.9. The van der Waals surface area contributed by atoms with Crippen molar-refractivity contribution in [1.29, 1.82) is 0 Å². The van der Waals surface area contributed by atoms with Crippen molar-refractivity contribution in [3.63, 3.8) is 0 Å². The number of aliphatic imine (C=N–C) groups is 1. The number of rotatable bonds is 8. The highest BCUT2D eigenvalue weighted by molar-refractivity contribution is 14.0. The summed E-state index contributed by atoms with van der Waals surface area (Å²) in [5.74, 6) is 0.531. The van der Waals surface area contributed by atoms with Crippen molar-refractivity contribution >= 4 is 29.9 Å². The van der Waals surface area contributed by atoms with E-state index in [1.54, 1.807) is 35.0 Å². The highest BCUT2D eigenvalue weighted by atomic mass is 127. The maximum Gasteiger partial charge on any atom is 0.250 e. The van der Waals surface area contributed by atoms with Crippen LogP contribution in [0.25, 0.3) is 0 Å². The van der Waals surface area contributed by atoms with Crippen molar-refractivity contribution in [3.05, 3.63) is 106 Å². The zero-order valence-corrected chi connectivity index (χ0v) is 19.9. The Hall–Kier alpha value is -2.68. The quantitative estimate of drug-likeness (QED) is 0.262. The van der Waals surface area contributed by atoms with Crippen LogP contribution in [0.2, 0.25) is 0 Å². The van der Waals surface area contributed by atoms with Gasteiger partial charge in [0.25, 0.3) is 5.56 Å². The summed E-state index contributed by atoms with van der Waals surface area (Å²) in [6, 6.07) is 19.8. The average Bonchev–Trinajstić information content (AvgIpc) is 2.76. The van der Waals surface area contributed by atoms with E-state index in [4.69, 9.17) is 0 Å². The Morgan fingerprint density at radius 3 is 2.29 bits per heavy atom. The lowest BCUT2D eigenvalue weighted by molar-refractivity contribution is 0.626. The first-order valence-corrected chi connectivity index (χ1v) is 10.1. The summed E-state index contributed by atoms with van der Waals surface area (Å²) in [5, 5.41) is 6.55. The van der Waals surface area contributed by atoms with Gasteiger partial charge in [0.15, 0.2) is 5.96 Å². The largest absolute Gasteiger partial charge is 0.357 e. The zero-order valence-electron chi connectivity index (χ0n) is 17.6. The average molecular weight is 534 g/mol. The van der Waals surface area contributed by atoms with Gasteiger partial charge in [-0.3, -0.25) is 4.79 Å². The van der Waals surface area contributed by atoms with E-state index in [1.165, 1.54) is 12.1 Å². The Bertz CT molecular complexity index is 1020. The van der Waals surface area contributed by atoms with Crippen LogP contribution in [-0.4, -0.2) is 23.6 Å². The van der Waals surface area contributed by atoms with Gasteiger partial charge in [-0.2, -0.15) is 0 Å². The van der Waals surface area contributed by atoms with Crippen molar-refractivity contribution in [2.45, 2.75) is 26.4 Å². The van der Waals surface area contributed by atoms with Gasteiger partial charge in [-0.25, -0.2) is 9.38 Å². The SMILES string of the molecule is CCNC(=NCc1ccc(Cn2ccccc2=O)cc1)NCCc1ccc(F)cc1.I. The molecule has 0 saturated heterocycles. The Morgan fingerprint density at radius 2 is 1.61 bits per heavy atom. The third kappa shape index (κ3) is 8.16. The molecular formula is C24H28FIN4O. The molecule has 2 aromatic carbocycles. The summed E-state index contributed by atoms with van der Waals surface area (Å²) in [6.45, 7) is 4.61. The van der Waals surface area contributed by atoms with Crippen LogP contribution < -0.4 is 16.2 Å². The lowest BCUT2D eigenvalue weighted by Crippen LogP contribution is -2.38. The molecule has 0 radical (unpaired) electrons. The molecule has 0 aliphatic heterocycles. The van der Waals surface area contributed by atoms with Crippen molar-refractivity contribution in [3.8, 4) is 0 Å². The zero-order chi connectivity index (χ0) is 21.2. The number of hydrogen-bond acceptors (Lipinski definition) is 2. The first-order chi connectivity index (χ1) is 14.6. The molecule has 2 N–H and O–H groups in total. The summed E-state index contributed by atoms with van der Waals surface area (Å²) < 4.78 is 14.7. The van der Waals surface area contributed by atoms with E-state index in [-0.39, 0.29) is 35.4 Å². The molecule has 0 atom stereocenters. The smallest absolute Gasteiger partial charge is 0.250 e. The molecule has 1 heterocycles. The van der Waals surface area contributed by atoms with Crippen LogP contribution in [0.4, 0.5) is 4.39 Å². The number of pyridine rings is 1. The molecule has 0 bridgehead atoms. The maximum atomic E-state index is 13.0. The number of benzene rings is 2. The van der Waals surface area contributed by atoms with E-state index in [0.29, 0.717) is 19.6 Å². The molecule has 3 aromatic rings. The van der Waals surface area contributed by atoms with Gasteiger partial charge >= 0.3 is 0 Å². The predicted molar refractivity (Wildman–Crippen MR) is 135 cm³/mol. The normalized spacial score (nSPS) is 11.0. The molecule has 3 rings (SSSR count). The number of nitrogens with one attached hydrogen (secondary N) is 2. The second-order valence-electron chi connectivity index (χ2n) is 6.98. The fourth-order valence-corrected chi connectivity index (χ4v) is 3.03. The summed E-state index contributed by atoms with van der Waals surface area (Å²) in [5.41, 5.74) is 3.23. The summed E-state index contributed by atoms with van der Waals surface area (Å²) in [7, 11) is 0. The maximum absolute atomic E-state index is 13.0. The van der Waals surface area contributed by atoms with Gasteiger partial charge < -0.3 is 15.2 Å². The van der Waals surface area contributed by atoms with E-state index >= 15 is 0 Å². The number of halogens is 2.